The van der Waals surface area contributed by atoms with Gasteiger partial charge in [-0.05, 0) is 29.3 Å². The number of carbonyl (C=O) groups is 1. The molecule has 2 aromatic heterocycles. The fraction of sp³-hybridized carbons (Fsp3) is 0.167. The molecule has 0 unspecified atom stereocenters. The smallest absolute Gasteiger partial charge is 0.311 e. The van der Waals surface area contributed by atoms with E-state index in [0.29, 0.717) is 22.8 Å². The van der Waals surface area contributed by atoms with Crippen LogP contribution in [0.4, 0.5) is 0 Å². The van der Waals surface area contributed by atoms with Crippen molar-refractivity contribution in [3.05, 3.63) is 93.5 Å². The Morgan fingerprint density at radius 2 is 1.73 bits per heavy atom. The number of methoxy groups -OCH3 is 1. The van der Waals surface area contributed by atoms with Gasteiger partial charge < -0.3 is 13.9 Å². The Balaban J connectivity index is 1.98. The van der Waals surface area contributed by atoms with E-state index in [-0.39, 0.29) is 12.0 Å². The number of ether oxygens (including phenoxy) is 1. The van der Waals surface area contributed by atoms with Crippen LogP contribution in [-0.4, -0.2) is 22.2 Å². The first-order valence-corrected chi connectivity index (χ1v) is 9.94. The van der Waals surface area contributed by atoms with E-state index in [1.165, 1.54) is 7.11 Å². The summed E-state index contributed by atoms with van der Waals surface area (Å²) >= 11 is 6.08. The van der Waals surface area contributed by atoms with Crippen LogP contribution in [0.2, 0.25) is 5.02 Å². The molecule has 2 heterocycles. The van der Waals surface area contributed by atoms with Gasteiger partial charge in [0, 0.05) is 41.5 Å². The zero-order valence-corrected chi connectivity index (χ0v) is 17.5. The lowest BCUT2D eigenvalue weighted by Crippen LogP contribution is -2.25. The molecule has 4 rings (SSSR count). The van der Waals surface area contributed by atoms with E-state index in [4.69, 9.17) is 16.3 Å². The standard InChI is InChI=1S/C24H21ClN2O3/c1-26-20(14-21(28)30-2)22(17-8-10-18(25)11-9-17)19-12-13-27(23(19)24(26)29)15-16-6-4-3-5-7-16/h3-13H,14-15H2,1-2H3. The van der Waals surface area contributed by atoms with Gasteiger partial charge in [-0.2, -0.15) is 0 Å². The first-order chi connectivity index (χ1) is 14.5. The number of benzene rings is 2. The Kier molecular flexibility index (Phi) is 5.46. The molecule has 0 spiro atoms. The second kappa shape index (κ2) is 8.20. The maximum atomic E-state index is 13.3. The molecule has 0 fully saturated rings. The van der Waals surface area contributed by atoms with Gasteiger partial charge in [0.2, 0.25) is 0 Å². The van der Waals surface area contributed by atoms with E-state index in [1.807, 2.05) is 59.3 Å². The van der Waals surface area contributed by atoms with Crippen molar-refractivity contribution in [3.63, 3.8) is 0 Å². The molecule has 30 heavy (non-hydrogen) atoms. The summed E-state index contributed by atoms with van der Waals surface area (Å²) in [5.74, 6) is -0.400. The second-order valence-corrected chi connectivity index (χ2v) is 7.57. The summed E-state index contributed by atoms with van der Waals surface area (Å²) in [6.45, 7) is 0.579. The maximum absolute atomic E-state index is 13.3. The predicted molar refractivity (Wildman–Crippen MR) is 119 cm³/mol. The fourth-order valence-electron chi connectivity index (χ4n) is 3.78. The molecular weight excluding hydrogens is 400 g/mol. The molecule has 0 aliphatic rings. The number of nitrogens with zero attached hydrogens (tertiary/aromatic N) is 2. The Labute approximate surface area is 179 Å². The van der Waals surface area contributed by atoms with Gasteiger partial charge in [-0.25, -0.2) is 0 Å². The lowest BCUT2D eigenvalue weighted by molar-refractivity contribution is -0.139. The Morgan fingerprint density at radius 3 is 2.40 bits per heavy atom. The van der Waals surface area contributed by atoms with E-state index in [1.54, 1.807) is 23.7 Å². The molecular formula is C24H21ClN2O3. The van der Waals surface area contributed by atoms with Crippen molar-refractivity contribution in [1.82, 2.24) is 9.13 Å². The van der Waals surface area contributed by atoms with E-state index < -0.39 is 5.97 Å². The van der Waals surface area contributed by atoms with Crippen LogP contribution >= 0.6 is 11.6 Å². The van der Waals surface area contributed by atoms with E-state index >= 15 is 0 Å². The van der Waals surface area contributed by atoms with Crippen LogP contribution in [0.1, 0.15) is 11.3 Å². The van der Waals surface area contributed by atoms with Crippen molar-refractivity contribution in [3.8, 4) is 11.1 Å². The van der Waals surface area contributed by atoms with Gasteiger partial charge >= 0.3 is 5.97 Å². The third kappa shape index (κ3) is 3.64. The highest BCUT2D eigenvalue weighted by atomic mass is 35.5. The van der Waals surface area contributed by atoms with Crippen LogP contribution in [0.25, 0.3) is 22.0 Å². The number of carbonyl (C=O) groups excluding carboxylic acids is 1. The van der Waals surface area contributed by atoms with E-state index in [0.717, 1.165) is 22.1 Å². The zero-order valence-electron chi connectivity index (χ0n) is 16.8. The molecule has 0 saturated heterocycles. The quantitative estimate of drug-likeness (QED) is 0.449. The third-order valence-corrected chi connectivity index (χ3v) is 5.55. The summed E-state index contributed by atoms with van der Waals surface area (Å²) in [4.78, 5) is 25.4. The van der Waals surface area contributed by atoms with Crippen LogP contribution in [-0.2, 0) is 29.5 Å². The van der Waals surface area contributed by atoms with Crippen molar-refractivity contribution in [1.29, 1.82) is 0 Å². The molecule has 0 aliphatic carbocycles. The van der Waals surface area contributed by atoms with Crippen molar-refractivity contribution >= 4 is 28.5 Å². The Hall–Kier alpha value is -3.31. The topological polar surface area (TPSA) is 53.2 Å². The Morgan fingerprint density at radius 1 is 1.03 bits per heavy atom. The molecule has 0 amide bonds. The number of hydrogen-bond donors (Lipinski definition) is 0. The average Bonchev–Trinajstić information content (AvgIpc) is 3.17. The molecule has 0 bridgehead atoms. The molecule has 0 aliphatic heterocycles. The molecule has 0 N–H and O–H groups in total. The number of halogens is 1. The molecule has 4 aromatic rings. The number of fused-ring (bicyclic) bond motifs is 1. The third-order valence-electron chi connectivity index (χ3n) is 5.30. The summed E-state index contributed by atoms with van der Waals surface area (Å²) in [7, 11) is 3.04. The lowest BCUT2D eigenvalue weighted by atomic mass is 9.98. The van der Waals surface area contributed by atoms with Gasteiger partial charge in [0.25, 0.3) is 5.56 Å². The number of esters is 1. The first kappa shape index (κ1) is 20.0. The molecule has 0 radical (unpaired) electrons. The van der Waals surface area contributed by atoms with Crippen LogP contribution in [0.15, 0.2) is 71.7 Å². The second-order valence-electron chi connectivity index (χ2n) is 7.14. The SMILES string of the molecule is COC(=O)Cc1c(-c2ccc(Cl)cc2)c2ccn(Cc3ccccc3)c2c(=O)n1C. The summed E-state index contributed by atoms with van der Waals surface area (Å²) < 4.78 is 8.37. The van der Waals surface area contributed by atoms with Crippen LogP contribution < -0.4 is 5.56 Å². The number of rotatable bonds is 5. The van der Waals surface area contributed by atoms with Crippen LogP contribution in [0.5, 0.6) is 0 Å². The predicted octanol–water partition coefficient (Wildman–Crippen LogP) is 4.42. The van der Waals surface area contributed by atoms with E-state index in [2.05, 4.69) is 0 Å². The summed E-state index contributed by atoms with van der Waals surface area (Å²) in [6.07, 6.45) is 1.92. The number of hydrogen-bond acceptors (Lipinski definition) is 3. The summed E-state index contributed by atoms with van der Waals surface area (Å²) in [5.41, 5.74) is 3.88. The number of aromatic nitrogens is 2. The van der Waals surface area contributed by atoms with Gasteiger partial charge in [0.1, 0.15) is 5.52 Å². The minimum atomic E-state index is -0.400. The van der Waals surface area contributed by atoms with Crippen molar-refractivity contribution in [2.45, 2.75) is 13.0 Å². The van der Waals surface area contributed by atoms with Crippen LogP contribution in [0, 0.1) is 0 Å². The highest BCUT2D eigenvalue weighted by molar-refractivity contribution is 6.30. The largest absolute Gasteiger partial charge is 0.469 e. The monoisotopic (exact) mass is 420 g/mol. The minimum Gasteiger partial charge on any atom is -0.469 e. The van der Waals surface area contributed by atoms with Crippen molar-refractivity contribution in [2.75, 3.05) is 7.11 Å². The van der Waals surface area contributed by atoms with Gasteiger partial charge in [-0.15, -0.1) is 0 Å². The summed E-state index contributed by atoms with van der Waals surface area (Å²) in [5, 5.41) is 1.42. The van der Waals surface area contributed by atoms with Crippen molar-refractivity contribution in [2.24, 2.45) is 7.05 Å². The van der Waals surface area contributed by atoms with Crippen LogP contribution in [0.3, 0.4) is 0 Å². The maximum Gasteiger partial charge on any atom is 0.311 e. The highest BCUT2D eigenvalue weighted by Crippen LogP contribution is 2.32. The first-order valence-electron chi connectivity index (χ1n) is 9.57. The zero-order chi connectivity index (χ0) is 21.3. The molecule has 0 saturated carbocycles. The van der Waals surface area contributed by atoms with Gasteiger partial charge in [-0.1, -0.05) is 54.1 Å². The highest BCUT2D eigenvalue weighted by Gasteiger charge is 2.21. The normalized spacial score (nSPS) is 11.0. The van der Waals surface area contributed by atoms with Gasteiger partial charge in [0.15, 0.2) is 0 Å². The molecule has 152 valence electrons. The Bertz CT molecular complexity index is 1270. The van der Waals surface area contributed by atoms with E-state index in [9.17, 15) is 9.59 Å². The lowest BCUT2D eigenvalue weighted by Gasteiger charge is -2.16. The molecule has 5 nitrogen and oxygen atoms in total. The average molecular weight is 421 g/mol. The van der Waals surface area contributed by atoms with Crippen molar-refractivity contribution < 1.29 is 9.53 Å². The fourth-order valence-corrected chi connectivity index (χ4v) is 3.91. The minimum absolute atomic E-state index is 0.00000499. The summed E-state index contributed by atoms with van der Waals surface area (Å²) in [6, 6.07) is 19.3. The van der Waals surface area contributed by atoms with Gasteiger partial charge in [0.05, 0.1) is 13.5 Å². The molecule has 0 atom stereocenters. The van der Waals surface area contributed by atoms with Gasteiger partial charge in [-0.3, -0.25) is 9.59 Å². The molecule has 2 aromatic carbocycles. The number of pyridine rings is 1. The molecule has 6 heteroatoms.